The molecule has 0 atom stereocenters. The smallest absolute Gasteiger partial charge is 0.337 e. The molecule has 4 N–H and O–H groups in total. The summed E-state index contributed by atoms with van der Waals surface area (Å²) in [6.07, 6.45) is 5.36. The number of benzene rings is 2. The van der Waals surface area contributed by atoms with Crippen LogP contribution in [0.2, 0.25) is 0 Å². The van der Waals surface area contributed by atoms with Crippen LogP contribution in [0.4, 0.5) is 0 Å². The summed E-state index contributed by atoms with van der Waals surface area (Å²) in [4.78, 5) is 45.2. The van der Waals surface area contributed by atoms with Crippen LogP contribution in [0, 0.1) is 12.3 Å². The monoisotopic (exact) mass is 354 g/mol. The van der Waals surface area contributed by atoms with Crippen molar-refractivity contribution in [2.45, 2.75) is 0 Å². The van der Waals surface area contributed by atoms with Gasteiger partial charge in [0.2, 0.25) is 0 Å². The maximum Gasteiger partial charge on any atom is 0.337 e. The second kappa shape index (κ2) is 6.78. The zero-order valence-electron chi connectivity index (χ0n) is 12.9. The highest BCUT2D eigenvalue weighted by Crippen LogP contribution is 2.30. The van der Waals surface area contributed by atoms with Crippen molar-refractivity contribution in [2.75, 3.05) is 0 Å². The van der Waals surface area contributed by atoms with Crippen molar-refractivity contribution in [3.05, 3.63) is 58.1 Å². The molecule has 0 unspecified atom stereocenters. The molecule has 0 aliphatic heterocycles. The standard InChI is InChI=1S/C18H10O8/c1-2-12-13(6-11(17(23)24)7-14(12)18(25)26)8-3-9(15(19)20)5-10(4-8)16(21)22/h1,3-7H,(H,19,20)(H,21,22)(H,23,24)(H,25,26). The fourth-order valence-electron chi connectivity index (χ4n) is 2.35. The predicted octanol–water partition coefficient (Wildman–Crippen LogP) is 2.13. The Balaban J connectivity index is 2.93. The third-order valence-corrected chi connectivity index (χ3v) is 3.50. The first-order valence-electron chi connectivity index (χ1n) is 6.89. The summed E-state index contributed by atoms with van der Waals surface area (Å²) in [6.45, 7) is 0. The van der Waals surface area contributed by atoms with Gasteiger partial charge in [-0.3, -0.25) is 0 Å². The van der Waals surface area contributed by atoms with E-state index in [2.05, 4.69) is 5.92 Å². The van der Waals surface area contributed by atoms with E-state index in [0.29, 0.717) is 0 Å². The number of carboxylic acids is 4. The van der Waals surface area contributed by atoms with Gasteiger partial charge < -0.3 is 20.4 Å². The molecule has 8 nitrogen and oxygen atoms in total. The van der Waals surface area contributed by atoms with Crippen LogP contribution in [-0.4, -0.2) is 44.3 Å². The summed E-state index contributed by atoms with van der Waals surface area (Å²) in [5, 5.41) is 36.8. The Morgan fingerprint density at radius 1 is 0.692 bits per heavy atom. The van der Waals surface area contributed by atoms with Gasteiger partial charge in [-0.15, -0.1) is 6.42 Å². The number of terminal acetylenes is 1. The molecule has 2 aromatic rings. The lowest BCUT2D eigenvalue weighted by Gasteiger charge is -2.12. The minimum absolute atomic E-state index is 0.0270. The zero-order chi connectivity index (χ0) is 19.6. The molecule has 2 aromatic carbocycles. The highest BCUT2D eigenvalue weighted by molar-refractivity contribution is 6.01. The van der Waals surface area contributed by atoms with Crippen molar-refractivity contribution in [3.8, 4) is 23.5 Å². The van der Waals surface area contributed by atoms with Gasteiger partial charge in [-0.1, -0.05) is 5.92 Å². The maximum absolute atomic E-state index is 11.4. The van der Waals surface area contributed by atoms with Crippen LogP contribution in [0.1, 0.15) is 47.0 Å². The van der Waals surface area contributed by atoms with Gasteiger partial charge in [-0.25, -0.2) is 19.2 Å². The number of carbonyl (C=O) groups is 4. The molecule has 0 spiro atoms. The summed E-state index contributed by atoms with van der Waals surface area (Å²) < 4.78 is 0. The maximum atomic E-state index is 11.4. The van der Waals surface area contributed by atoms with E-state index in [1.165, 1.54) is 0 Å². The molecule has 0 fully saturated rings. The highest BCUT2D eigenvalue weighted by Gasteiger charge is 2.20. The molecule has 130 valence electrons. The minimum Gasteiger partial charge on any atom is -0.478 e. The lowest BCUT2D eigenvalue weighted by molar-refractivity contribution is 0.0676. The van der Waals surface area contributed by atoms with Crippen molar-refractivity contribution in [2.24, 2.45) is 0 Å². The Hall–Kier alpha value is -4.12. The number of hydrogen-bond acceptors (Lipinski definition) is 4. The average molecular weight is 354 g/mol. The van der Waals surface area contributed by atoms with E-state index in [1.54, 1.807) is 0 Å². The molecular weight excluding hydrogens is 344 g/mol. The molecule has 26 heavy (non-hydrogen) atoms. The van der Waals surface area contributed by atoms with Crippen LogP contribution in [0.3, 0.4) is 0 Å². The molecule has 0 saturated carbocycles. The topological polar surface area (TPSA) is 149 Å². The molecule has 0 saturated heterocycles. The lowest BCUT2D eigenvalue weighted by Crippen LogP contribution is -2.08. The summed E-state index contributed by atoms with van der Waals surface area (Å²) >= 11 is 0. The molecule has 0 aliphatic carbocycles. The number of aromatic carboxylic acids is 4. The van der Waals surface area contributed by atoms with Gasteiger partial charge in [0.25, 0.3) is 0 Å². The fraction of sp³-hybridized carbons (Fsp3) is 0. The summed E-state index contributed by atoms with van der Waals surface area (Å²) in [6, 6.07) is 5.03. The van der Waals surface area contributed by atoms with Gasteiger partial charge in [0, 0.05) is 5.56 Å². The van der Waals surface area contributed by atoms with Gasteiger partial charge in [0.05, 0.1) is 22.3 Å². The largest absolute Gasteiger partial charge is 0.478 e. The second-order valence-electron chi connectivity index (χ2n) is 5.11. The van der Waals surface area contributed by atoms with E-state index in [4.69, 9.17) is 16.6 Å². The minimum atomic E-state index is -1.48. The average Bonchev–Trinajstić information content (AvgIpc) is 2.59. The molecule has 8 heteroatoms. The third-order valence-electron chi connectivity index (χ3n) is 3.50. The summed E-state index contributed by atoms with van der Waals surface area (Å²) in [5.41, 5.74) is -1.91. The fourth-order valence-corrected chi connectivity index (χ4v) is 2.35. The van der Waals surface area contributed by atoms with E-state index < -0.39 is 35.0 Å². The van der Waals surface area contributed by atoms with E-state index >= 15 is 0 Å². The van der Waals surface area contributed by atoms with Crippen LogP contribution in [0.15, 0.2) is 30.3 Å². The van der Waals surface area contributed by atoms with Gasteiger partial charge in [-0.2, -0.15) is 0 Å². The van der Waals surface area contributed by atoms with Crippen molar-refractivity contribution in [1.29, 1.82) is 0 Å². The van der Waals surface area contributed by atoms with Crippen molar-refractivity contribution in [3.63, 3.8) is 0 Å². The Morgan fingerprint density at radius 2 is 1.15 bits per heavy atom. The molecule has 0 bridgehead atoms. The number of hydrogen-bond donors (Lipinski definition) is 4. The van der Waals surface area contributed by atoms with E-state index in [1.807, 2.05) is 0 Å². The van der Waals surface area contributed by atoms with Gasteiger partial charge in [0.1, 0.15) is 0 Å². The molecule has 0 radical (unpaired) electrons. The first-order chi connectivity index (χ1) is 12.1. The molecule has 0 aromatic heterocycles. The Labute approximate surface area is 146 Å². The van der Waals surface area contributed by atoms with E-state index in [9.17, 15) is 29.4 Å². The Kier molecular flexibility index (Phi) is 4.75. The van der Waals surface area contributed by atoms with Gasteiger partial charge in [0.15, 0.2) is 0 Å². The van der Waals surface area contributed by atoms with Gasteiger partial charge in [-0.05, 0) is 41.5 Å². The molecular formula is C18H10O8. The summed E-state index contributed by atoms with van der Waals surface area (Å²) in [5.74, 6) is -3.59. The van der Waals surface area contributed by atoms with Crippen molar-refractivity contribution < 1.29 is 39.6 Å². The summed E-state index contributed by atoms with van der Waals surface area (Å²) in [7, 11) is 0. The van der Waals surface area contributed by atoms with Crippen LogP contribution >= 0.6 is 0 Å². The van der Waals surface area contributed by atoms with Crippen LogP contribution in [0.25, 0.3) is 11.1 Å². The van der Waals surface area contributed by atoms with Crippen LogP contribution in [0.5, 0.6) is 0 Å². The Morgan fingerprint density at radius 3 is 1.54 bits per heavy atom. The molecule has 0 heterocycles. The van der Waals surface area contributed by atoms with Crippen LogP contribution in [-0.2, 0) is 0 Å². The van der Waals surface area contributed by atoms with Crippen molar-refractivity contribution in [1.82, 2.24) is 0 Å². The quantitative estimate of drug-likeness (QED) is 0.597. The molecule has 0 amide bonds. The van der Waals surface area contributed by atoms with Crippen molar-refractivity contribution >= 4 is 23.9 Å². The molecule has 2 rings (SSSR count). The lowest BCUT2D eigenvalue weighted by atomic mass is 9.91. The van der Waals surface area contributed by atoms with Crippen LogP contribution < -0.4 is 0 Å². The van der Waals surface area contributed by atoms with E-state index in [0.717, 1.165) is 30.3 Å². The molecule has 0 aliphatic rings. The first-order valence-corrected chi connectivity index (χ1v) is 6.89. The zero-order valence-corrected chi connectivity index (χ0v) is 12.9. The van der Waals surface area contributed by atoms with Gasteiger partial charge >= 0.3 is 23.9 Å². The number of rotatable bonds is 5. The Bertz CT molecular complexity index is 978. The second-order valence-corrected chi connectivity index (χ2v) is 5.11. The van der Waals surface area contributed by atoms with E-state index in [-0.39, 0.29) is 27.8 Å². The SMILES string of the molecule is C#Cc1c(C(=O)O)cc(C(=O)O)cc1-c1cc(C(=O)O)cc(C(=O)O)c1. The highest BCUT2D eigenvalue weighted by atomic mass is 16.4. The predicted molar refractivity (Wildman–Crippen MR) is 87.7 cm³/mol. The number of carboxylic acid groups (broad SMARTS) is 4. The third kappa shape index (κ3) is 3.37. The normalized spacial score (nSPS) is 9.96. The first kappa shape index (κ1) is 18.2.